The van der Waals surface area contributed by atoms with Gasteiger partial charge in [-0.2, -0.15) is 0 Å². The molecule has 2 aromatic carbocycles. The monoisotopic (exact) mass is 509 g/mol. The average Bonchev–Trinajstić information content (AvgIpc) is 2.99. The zero-order chi connectivity index (χ0) is 23.3. The van der Waals surface area contributed by atoms with Gasteiger partial charge >= 0.3 is 0 Å². The summed E-state index contributed by atoms with van der Waals surface area (Å²) in [6, 6.07) is 9.00. The summed E-state index contributed by atoms with van der Waals surface area (Å²) in [5, 5.41) is 0.767. The number of carbonyl (C=O) groups is 1. The zero-order valence-electron chi connectivity index (χ0n) is 17.5. The summed E-state index contributed by atoms with van der Waals surface area (Å²) in [5.74, 6) is 1.47. The molecule has 1 fully saturated rings. The standard InChI is InChI=1S/C23H21Cl2NO4S2/c1-4-5-14-6-7-18(19(10-14)28-3)29-8-9-30-21-15(11-16(24)13-17(21)25)12-20-22(27)26(2)23(31)32-20/h4,6-7,10-13H,1,5,8-9H2,2-3H3/b20-12-. The van der Waals surface area contributed by atoms with Crippen molar-refractivity contribution >= 4 is 63.5 Å². The molecular weight excluding hydrogens is 489 g/mol. The van der Waals surface area contributed by atoms with Gasteiger partial charge in [-0.25, -0.2) is 0 Å². The van der Waals surface area contributed by atoms with Crippen molar-refractivity contribution in [2.24, 2.45) is 0 Å². The van der Waals surface area contributed by atoms with Gasteiger partial charge in [-0.15, -0.1) is 6.58 Å². The normalized spacial score (nSPS) is 14.8. The van der Waals surface area contributed by atoms with Crippen LogP contribution in [0.15, 0.2) is 47.9 Å². The molecule has 0 saturated carbocycles. The van der Waals surface area contributed by atoms with Crippen LogP contribution in [0.4, 0.5) is 0 Å². The highest BCUT2D eigenvalue weighted by Gasteiger charge is 2.29. The van der Waals surface area contributed by atoms with Gasteiger partial charge in [0.15, 0.2) is 11.5 Å². The van der Waals surface area contributed by atoms with Crippen LogP contribution >= 0.6 is 47.2 Å². The minimum absolute atomic E-state index is 0.183. The molecule has 0 aromatic heterocycles. The molecule has 9 heteroatoms. The Bertz CT molecular complexity index is 1090. The number of benzene rings is 2. The van der Waals surface area contributed by atoms with Gasteiger partial charge in [-0.3, -0.25) is 9.69 Å². The molecule has 1 heterocycles. The number of carbonyl (C=O) groups excluding carboxylic acids is 1. The van der Waals surface area contributed by atoms with E-state index in [9.17, 15) is 4.79 Å². The maximum atomic E-state index is 12.3. The number of amides is 1. The van der Waals surface area contributed by atoms with Crippen molar-refractivity contribution in [2.45, 2.75) is 6.42 Å². The largest absolute Gasteiger partial charge is 0.493 e. The number of nitrogens with zero attached hydrogens (tertiary/aromatic N) is 1. The first-order valence-electron chi connectivity index (χ1n) is 9.58. The van der Waals surface area contributed by atoms with Crippen molar-refractivity contribution in [3.05, 3.63) is 69.1 Å². The molecule has 1 aliphatic rings. The van der Waals surface area contributed by atoms with Crippen molar-refractivity contribution in [2.75, 3.05) is 27.4 Å². The lowest BCUT2D eigenvalue weighted by Crippen LogP contribution is -2.22. The second-order valence-corrected chi connectivity index (χ2v) is 9.24. The van der Waals surface area contributed by atoms with E-state index in [1.54, 1.807) is 32.4 Å². The van der Waals surface area contributed by atoms with Crippen LogP contribution in [0.25, 0.3) is 6.08 Å². The van der Waals surface area contributed by atoms with Crippen molar-refractivity contribution < 1.29 is 19.0 Å². The molecule has 0 N–H and O–H groups in total. The molecule has 5 nitrogen and oxygen atoms in total. The maximum Gasteiger partial charge on any atom is 0.265 e. The molecule has 0 aliphatic carbocycles. The fourth-order valence-corrected chi connectivity index (χ4v) is 4.68. The Balaban J connectivity index is 1.71. The SMILES string of the molecule is C=CCc1ccc(OCCOc2c(Cl)cc(Cl)cc2/C=C2\SC(=S)N(C)C2=O)c(OC)c1. The number of ether oxygens (including phenoxy) is 3. The summed E-state index contributed by atoms with van der Waals surface area (Å²) in [4.78, 5) is 14.2. The molecular formula is C23H21Cl2NO4S2. The van der Waals surface area contributed by atoms with Crippen LogP contribution in [0.3, 0.4) is 0 Å². The van der Waals surface area contributed by atoms with Crippen LogP contribution in [0.2, 0.25) is 10.0 Å². The average molecular weight is 510 g/mol. The van der Waals surface area contributed by atoms with Gasteiger partial charge in [-0.1, -0.05) is 59.3 Å². The molecule has 1 saturated heterocycles. The van der Waals surface area contributed by atoms with Gasteiger partial charge in [-0.05, 0) is 42.3 Å². The highest BCUT2D eigenvalue weighted by atomic mass is 35.5. The van der Waals surface area contributed by atoms with Gasteiger partial charge in [0.2, 0.25) is 0 Å². The topological polar surface area (TPSA) is 48.0 Å². The fraction of sp³-hybridized carbons (Fsp3) is 0.217. The van der Waals surface area contributed by atoms with Crippen LogP contribution in [0.1, 0.15) is 11.1 Å². The van der Waals surface area contributed by atoms with Crippen LogP contribution in [0, 0.1) is 0 Å². The quantitative estimate of drug-likeness (QED) is 0.178. The summed E-state index contributed by atoms with van der Waals surface area (Å²) in [7, 11) is 3.23. The molecule has 0 unspecified atom stereocenters. The molecule has 0 bridgehead atoms. The lowest BCUT2D eigenvalue weighted by molar-refractivity contribution is -0.121. The van der Waals surface area contributed by atoms with E-state index < -0.39 is 0 Å². The van der Waals surface area contributed by atoms with Crippen LogP contribution in [-0.4, -0.2) is 42.5 Å². The maximum absolute atomic E-state index is 12.3. The highest BCUT2D eigenvalue weighted by molar-refractivity contribution is 8.26. The number of thiocarbonyl (C=S) groups is 1. The van der Waals surface area contributed by atoms with E-state index in [0.29, 0.717) is 42.1 Å². The van der Waals surface area contributed by atoms with E-state index in [0.717, 1.165) is 12.0 Å². The lowest BCUT2D eigenvalue weighted by atomic mass is 10.1. The minimum Gasteiger partial charge on any atom is -0.493 e. The first-order valence-corrected chi connectivity index (χ1v) is 11.6. The molecule has 0 spiro atoms. The minimum atomic E-state index is -0.183. The molecule has 32 heavy (non-hydrogen) atoms. The van der Waals surface area contributed by atoms with Crippen molar-refractivity contribution in [1.29, 1.82) is 0 Å². The number of hydrogen-bond acceptors (Lipinski definition) is 6. The Morgan fingerprint density at radius 2 is 1.91 bits per heavy atom. The number of allylic oxidation sites excluding steroid dienone is 1. The highest BCUT2D eigenvalue weighted by Crippen LogP contribution is 2.38. The van der Waals surface area contributed by atoms with Crippen molar-refractivity contribution in [3.63, 3.8) is 0 Å². The summed E-state index contributed by atoms with van der Waals surface area (Å²) in [6.45, 7) is 4.22. The van der Waals surface area contributed by atoms with Crippen molar-refractivity contribution in [3.8, 4) is 17.2 Å². The molecule has 1 amide bonds. The Morgan fingerprint density at radius 1 is 1.16 bits per heavy atom. The van der Waals surface area contributed by atoms with E-state index in [4.69, 9.17) is 49.6 Å². The predicted octanol–water partition coefficient (Wildman–Crippen LogP) is 6.02. The van der Waals surface area contributed by atoms with E-state index in [2.05, 4.69) is 6.58 Å². The number of hydrogen-bond donors (Lipinski definition) is 0. The van der Waals surface area contributed by atoms with Crippen LogP contribution in [0.5, 0.6) is 17.2 Å². The van der Waals surface area contributed by atoms with Gasteiger partial charge in [0.25, 0.3) is 5.91 Å². The van der Waals surface area contributed by atoms with Gasteiger partial charge in [0.05, 0.1) is 17.0 Å². The molecule has 2 aromatic rings. The number of thioether (sulfide) groups is 1. The first kappa shape index (κ1) is 24.5. The Labute approximate surface area is 206 Å². The number of rotatable bonds is 9. The zero-order valence-corrected chi connectivity index (χ0v) is 20.7. The number of methoxy groups -OCH3 is 1. The molecule has 0 atom stereocenters. The molecule has 3 rings (SSSR count). The smallest absolute Gasteiger partial charge is 0.265 e. The second-order valence-electron chi connectivity index (χ2n) is 6.72. The third-order valence-corrected chi connectivity index (χ3v) is 6.49. The fourth-order valence-electron chi connectivity index (χ4n) is 2.95. The summed E-state index contributed by atoms with van der Waals surface area (Å²) in [6.07, 6.45) is 4.25. The number of halogens is 2. The van der Waals surface area contributed by atoms with E-state index in [1.807, 2.05) is 24.3 Å². The summed E-state index contributed by atoms with van der Waals surface area (Å²) in [5.41, 5.74) is 1.67. The van der Waals surface area contributed by atoms with Crippen LogP contribution in [-0.2, 0) is 11.2 Å². The molecule has 168 valence electrons. The first-order chi connectivity index (χ1) is 15.3. The Kier molecular flexibility index (Phi) is 8.48. The Morgan fingerprint density at radius 3 is 2.56 bits per heavy atom. The third-order valence-electron chi connectivity index (χ3n) is 4.51. The van der Waals surface area contributed by atoms with E-state index in [1.165, 1.54) is 16.7 Å². The summed E-state index contributed by atoms with van der Waals surface area (Å²) < 4.78 is 17.6. The molecule has 1 aliphatic heterocycles. The van der Waals surface area contributed by atoms with E-state index in [-0.39, 0.29) is 19.1 Å². The summed E-state index contributed by atoms with van der Waals surface area (Å²) >= 11 is 18.9. The van der Waals surface area contributed by atoms with Gasteiger partial charge in [0.1, 0.15) is 23.3 Å². The van der Waals surface area contributed by atoms with Crippen LogP contribution < -0.4 is 14.2 Å². The van der Waals surface area contributed by atoms with Gasteiger partial charge in [0, 0.05) is 17.6 Å². The second kappa shape index (κ2) is 11.1. The molecule has 0 radical (unpaired) electrons. The number of likely N-dealkylation sites (N-methyl/N-ethyl adjacent to an activating group) is 1. The van der Waals surface area contributed by atoms with Gasteiger partial charge < -0.3 is 14.2 Å². The van der Waals surface area contributed by atoms with E-state index >= 15 is 0 Å². The third kappa shape index (κ3) is 5.78. The van der Waals surface area contributed by atoms with Crippen molar-refractivity contribution in [1.82, 2.24) is 4.90 Å². The predicted molar refractivity (Wildman–Crippen MR) is 135 cm³/mol. The lowest BCUT2D eigenvalue weighted by Gasteiger charge is -2.14. The Hall–Kier alpha value is -2.19.